The number of fused-ring (bicyclic) bond motifs is 4. The summed E-state index contributed by atoms with van der Waals surface area (Å²) in [5.74, 6) is 0.758. The van der Waals surface area contributed by atoms with Crippen molar-refractivity contribution in [3.05, 3.63) is 65.5 Å². The Morgan fingerprint density at radius 1 is 0.938 bits per heavy atom. The largest absolute Gasteiger partial charge is 0.457 e. The van der Waals surface area contributed by atoms with Gasteiger partial charge in [0.2, 0.25) is 5.91 Å². The summed E-state index contributed by atoms with van der Waals surface area (Å²) in [6, 6.07) is 8.85. The van der Waals surface area contributed by atoms with E-state index in [1.54, 1.807) is 17.2 Å². The summed E-state index contributed by atoms with van der Waals surface area (Å²) < 4.78 is 40.9. The maximum atomic E-state index is 13.9. The fraction of sp³-hybridized carbons (Fsp3) is 0.675. The third-order valence-corrected chi connectivity index (χ3v) is 14.9. The lowest BCUT2D eigenvalue weighted by molar-refractivity contribution is -0.141. The number of aromatic nitrogens is 1. The summed E-state index contributed by atoms with van der Waals surface area (Å²) in [7, 11) is 0. The lowest BCUT2D eigenvalue weighted by Gasteiger charge is -2.59. The van der Waals surface area contributed by atoms with Gasteiger partial charge >= 0.3 is 5.97 Å². The van der Waals surface area contributed by atoms with Crippen molar-refractivity contribution in [2.24, 2.45) is 45.3 Å². The quantitative estimate of drug-likeness (QED) is 0.293. The van der Waals surface area contributed by atoms with E-state index in [0.717, 1.165) is 38.2 Å². The molecule has 258 valence electrons. The Labute approximate surface area is 283 Å². The van der Waals surface area contributed by atoms with Gasteiger partial charge in [0.05, 0.1) is 12.2 Å². The molecule has 5 saturated carbocycles. The summed E-state index contributed by atoms with van der Waals surface area (Å²) in [5, 5.41) is 0. The normalized spacial score (nSPS) is 40.3. The SMILES string of the molecule is CC(=O)N(Cc1cc(F)cc(F)c1)CC1CCC2C(CC3C4CCC5C(C)(C)C(OC(=O)c6ccccn6)CCC56CC46CCC23C)O1. The van der Waals surface area contributed by atoms with E-state index < -0.39 is 11.6 Å². The second kappa shape index (κ2) is 11.3. The van der Waals surface area contributed by atoms with Crippen LogP contribution in [0.4, 0.5) is 8.78 Å². The molecule has 10 atom stereocenters. The maximum absolute atomic E-state index is 13.9. The molecule has 1 aromatic carbocycles. The van der Waals surface area contributed by atoms with E-state index in [1.165, 1.54) is 51.2 Å². The van der Waals surface area contributed by atoms with Gasteiger partial charge in [-0.2, -0.15) is 0 Å². The second-order valence-electron chi connectivity index (χ2n) is 17.2. The van der Waals surface area contributed by atoms with Crippen molar-refractivity contribution in [2.75, 3.05) is 6.54 Å². The van der Waals surface area contributed by atoms with E-state index in [1.807, 2.05) is 12.1 Å². The first kappa shape index (κ1) is 32.3. The highest BCUT2D eigenvalue weighted by Gasteiger charge is 2.80. The van der Waals surface area contributed by atoms with Crippen LogP contribution in [0.1, 0.15) is 108 Å². The van der Waals surface area contributed by atoms with E-state index >= 15 is 0 Å². The molecule has 1 amide bonds. The lowest BCUT2D eigenvalue weighted by atomic mass is 9.46. The van der Waals surface area contributed by atoms with Gasteiger partial charge in [-0.25, -0.2) is 18.6 Å². The number of hydrogen-bond donors (Lipinski definition) is 0. The molecule has 0 bridgehead atoms. The third-order valence-electron chi connectivity index (χ3n) is 14.9. The van der Waals surface area contributed by atoms with Crippen molar-refractivity contribution in [1.29, 1.82) is 0 Å². The van der Waals surface area contributed by atoms with Crippen LogP contribution in [0.3, 0.4) is 0 Å². The van der Waals surface area contributed by atoms with E-state index in [0.29, 0.717) is 52.3 Å². The van der Waals surface area contributed by atoms with Crippen molar-refractivity contribution in [3.63, 3.8) is 0 Å². The maximum Gasteiger partial charge on any atom is 0.357 e. The summed E-state index contributed by atoms with van der Waals surface area (Å²) in [6.07, 6.45) is 13.1. The van der Waals surface area contributed by atoms with Gasteiger partial charge in [0.25, 0.3) is 0 Å². The predicted molar refractivity (Wildman–Crippen MR) is 176 cm³/mol. The number of carbonyl (C=O) groups is 2. The molecular weight excluding hydrogens is 610 g/mol. The van der Waals surface area contributed by atoms with Crippen LogP contribution in [0.25, 0.3) is 0 Å². The molecule has 5 aliphatic carbocycles. The molecule has 1 aliphatic heterocycles. The number of hydrogen-bond acceptors (Lipinski definition) is 5. The first-order valence-electron chi connectivity index (χ1n) is 18.3. The monoisotopic (exact) mass is 660 g/mol. The molecule has 2 aromatic rings. The Bertz CT molecular complexity index is 1580. The fourth-order valence-corrected chi connectivity index (χ4v) is 12.8. The molecule has 6 nitrogen and oxygen atoms in total. The molecule has 8 rings (SSSR count). The summed E-state index contributed by atoms with van der Waals surface area (Å²) in [4.78, 5) is 31.6. The number of nitrogens with zero attached hydrogens (tertiary/aromatic N) is 2. The fourth-order valence-electron chi connectivity index (χ4n) is 12.8. The van der Waals surface area contributed by atoms with Crippen molar-refractivity contribution >= 4 is 11.9 Å². The molecule has 2 heterocycles. The molecule has 8 heteroatoms. The number of pyridine rings is 1. The first-order valence-corrected chi connectivity index (χ1v) is 18.3. The number of ether oxygens (including phenoxy) is 2. The number of carbonyl (C=O) groups excluding carboxylic acids is 2. The second-order valence-corrected chi connectivity index (χ2v) is 17.2. The van der Waals surface area contributed by atoms with Crippen LogP contribution in [0.2, 0.25) is 0 Å². The van der Waals surface area contributed by atoms with Crippen molar-refractivity contribution in [3.8, 4) is 0 Å². The standard InChI is InChI=1S/C40H50F2N2O4/c1-24(45)44(21-25-17-26(41)19-27(42)18-25)22-28-8-9-30-33(47-28)20-31-29-10-11-34-37(2,3)35(48-36(46)32-7-5-6-16-43-32)12-13-40(34)23-39(29,40)15-14-38(30,31)4/h5-7,16-19,28-31,33-35H,8-15,20-23H2,1-4H3. The molecule has 2 spiro atoms. The predicted octanol–water partition coefficient (Wildman–Crippen LogP) is 8.14. The lowest BCUT2D eigenvalue weighted by Crippen LogP contribution is -2.55. The van der Waals surface area contributed by atoms with Crippen LogP contribution in [0.5, 0.6) is 0 Å². The van der Waals surface area contributed by atoms with E-state index in [4.69, 9.17) is 9.47 Å². The minimum Gasteiger partial charge on any atom is -0.457 e. The Kier molecular flexibility index (Phi) is 7.63. The number of benzene rings is 1. The van der Waals surface area contributed by atoms with Crippen LogP contribution in [-0.4, -0.2) is 46.6 Å². The first-order chi connectivity index (χ1) is 22.9. The van der Waals surface area contributed by atoms with Crippen LogP contribution >= 0.6 is 0 Å². The Hall–Kier alpha value is -2.87. The molecule has 6 aliphatic rings. The number of rotatable bonds is 6. The average Bonchev–Trinajstić information content (AvgIpc) is 3.62. The molecule has 10 unspecified atom stereocenters. The van der Waals surface area contributed by atoms with Gasteiger partial charge in [0, 0.05) is 37.7 Å². The van der Waals surface area contributed by atoms with Gasteiger partial charge in [0.1, 0.15) is 23.4 Å². The number of esters is 1. The highest BCUT2D eigenvalue weighted by atomic mass is 19.1. The van der Waals surface area contributed by atoms with Gasteiger partial charge in [-0.3, -0.25) is 4.79 Å². The van der Waals surface area contributed by atoms with Crippen LogP contribution in [0, 0.1) is 57.0 Å². The topological polar surface area (TPSA) is 68.7 Å². The molecular formula is C40H50F2N2O4. The summed E-state index contributed by atoms with van der Waals surface area (Å²) in [5.41, 5.74) is 1.77. The Morgan fingerprint density at radius 2 is 1.71 bits per heavy atom. The molecule has 6 fully saturated rings. The smallest absolute Gasteiger partial charge is 0.357 e. The van der Waals surface area contributed by atoms with Crippen LogP contribution < -0.4 is 0 Å². The summed E-state index contributed by atoms with van der Waals surface area (Å²) in [6.45, 7) is 9.39. The Morgan fingerprint density at radius 3 is 2.44 bits per heavy atom. The van der Waals surface area contributed by atoms with Crippen LogP contribution in [0.15, 0.2) is 42.6 Å². The highest BCUT2D eigenvalue weighted by molar-refractivity contribution is 5.87. The van der Waals surface area contributed by atoms with Crippen molar-refractivity contribution in [1.82, 2.24) is 9.88 Å². The van der Waals surface area contributed by atoms with E-state index in [9.17, 15) is 18.4 Å². The van der Waals surface area contributed by atoms with Crippen LogP contribution in [-0.2, 0) is 20.8 Å². The minimum absolute atomic E-state index is 0.0702. The third kappa shape index (κ3) is 4.89. The molecule has 0 radical (unpaired) electrons. The van der Waals surface area contributed by atoms with Gasteiger partial charge in [-0.05, 0) is 134 Å². The van der Waals surface area contributed by atoms with E-state index in [-0.39, 0.29) is 47.6 Å². The molecule has 48 heavy (non-hydrogen) atoms. The van der Waals surface area contributed by atoms with Gasteiger partial charge < -0.3 is 14.4 Å². The van der Waals surface area contributed by atoms with Crippen molar-refractivity contribution < 1.29 is 27.8 Å². The zero-order valence-electron chi connectivity index (χ0n) is 28.9. The molecule has 1 aromatic heterocycles. The number of amides is 1. The van der Waals surface area contributed by atoms with Gasteiger partial charge in [-0.15, -0.1) is 0 Å². The average molecular weight is 661 g/mol. The summed E-state index contributed by atoms with van der Waals surface area (Å²) >= 11 is 0. The number of halogens is 2. The van der Waals surface area contributed by atoms with E-state index in [2.05, 4.69) is 25.8 Å². The molecule has 0 N–H and O–H groups in total. The van der Waals surface area contributed by atoms with Gasteiger partial charge in [-0.1, -0.05) is 26.8 Å². The van der Waals surface area contributed by atoms with Crippen molar-refractivity contribution in [2.45, 2.75) is 117 Å². The Balaban J connectivity index is 0.953. The zero-order chi connectivity index (χ0) is 33.6. The van der Waals surface area contributed by atoms with Gasteiger partial charge in [0.15, 0.2) is 0 Å². The highest BCUT2D eigenvalue weighted by Crippen LogP contribution is 2.87. The molecule has 1 saturated heterocycles. The minimum atomic E-state index is -0.628. The zero-order valence-corrected chi connectivity index (χ0v) is 28.9.